The van der Waals surface area contributed by atoms with Crippen LogP contribution in [0.2, 0.25) is 0 Å². The second-order valence-corrected chi connectivity index (χ2v) is 4.01. The van der Waals surface area contributed by atoms with Gasteiger partial charge >= 0.3 is 5.97 Å². The Balaban J connectivity index is 4.41. The fourth-order valence-electron chi connectivity index (χ4n) is 1.26. The van der Waals surface area contributed by atoms with Gasteiger partial charge in [0, 0.05) is 0 Å². The molecule has 0 aliphatic rings. The summed E-state index contributed by atoms with van der Waals surface area (Å²) in [6.45, 7) is 7.96. The highest BCUT2D eigenvalue weighted by molar-refractivity contribution is 5.75. The van der Waals surface area contributed by atoms with Crippen LogP contribution in [0.15, 0.2) is 0 Å². The zero-order valence-corrected chi connectivity index (χ0v) is 10.1. The third-order valence-electron chi connectivity index (χ3n) is 2.04. The van der Waals surface area contributed by atoms with Crippen LogP contribution < -0.4 is 5.32 Å². The van der Waals surface area contributed by atoms with Crippen LogP contribution in [0, 0.1) is 12.3 Å². The Morgan fingerprint density at radius 3 is 2.53 bits per heavy atom. The van der Waals surface area contributed by atoms with Crippen molar-refractivity contribution in [2.45, 2.75) is 52.1 Å². The van der Waals surface area contributed by atoms with E-state index in [0.29, 0.717) is 6.61 Å². The molecule has 1 unspecified atom stereocenters. The lowest BCUT2D eigenvalue weighted by Crippen LogP contribution is -2.49. The lowest BCUT2D eigenvalue weighted by molar-refractivity contribution is -0.146. The first kappa shape index (κ1) is 14.0. The standard InChI is InChI=1S/C12H21NO2/c1-6-9-10(11(14)15-8-3)13-12(4,5)7-2/h2,10,13H,6,8-9H2,1,3-5H3. The number of nitrogens with one attached hydrogen (secondary N) is 1. The molecule has 15 heavy (non-hydrogen) atoms. The van der Waals surface area contributed by atoms with Crippen LogP contribution in [-0.4, -0.2) is 24.2 Å². The third kappa shape index (κ3) is 5.44. The van der Waals surface area contributed by atoms with E-state index in [9.17, 15) is 4.79 Å². The Labute approximate surface area is 92.6 Å². The highest BCUT2D eigenvalue weighted by atomic mass is 16.5. The molecule has 0 aliphatic heterocycles. The van der Waals surface area contributed by atoms with Crippen molar-refractivity contribution in [2.24, 2.45) is 0 Å². The van der Waals surface area contributed by atoms with Crippen LogP contribution >= 0.6 is 0 Å². The van der Waals surface area contributed by atoms with Gasteiger partial charge in [-0.15, -0.1) is 6.42 Å². The van der Waals surface area contributed by atoms with Crippen molar-refractivity contribution >= 4 is 5.97 Å². The number of carbonyl (C=O) groups excluding carboxylic acids is 1. The van der Waals surface area contributed by atoms with Crippen LogP contribution in [0.1, 0.15) is 40.5 Å². The van der Waals surface area contributed by atoms with Gasteiger partial charge in [-0.3, -0.25) is 10.1 Å². The largest absolute Gasteiger partial charge is 0.465 e. The van der Waals surface area contributed by atoms with Gasteiger partial charge in [0.1, 0.15) is 6.04 Å². The highest BCUT2D eigenvalue weighted by Crippen LogP contribution is 2.07. The topological polar surface area (TPSA) is 38.3 Å². The second kappa shape index (κ2) is 6.47. The lowest BCUT2D eigenvalue weighted by Gasteiger charge is -2.26. The van der Waals surface area contributed by atoms with E-state index in [1.54, 1.807) is 6.92 Å². The van der Waals surface area contributed by atoms with Crippen LogP contribution in [0.3, 0.4) is 0 Å². The van der Waals surface area contributed by atoms with Crippen molar-refractivity contribution in [3.05, 3.63) is 0 Å². The van der Waals surface area contributed by atoms with E-state index in [0.717, 1.165) is 12.8 Å². The van der Waals surface area contributed by atoms with E-state index in [4.69, 9.17) is 11.2 Å². The zero-order chi connectivity index (χ0) is 11.9. The Morgan fingerprint density at radius 1 is 1.53 bits per heavy atom. The van der Waals surface area contributed by atoms with Crippen LogP contribution in [-0.2, 0) is 9.53 Å². The Kier molecular flexibility index (Phi) is 6.03. The second-order valence-electron chi connectivity index (χ2n) is 4.01. The summed E-state index contributed by atoms with van der Waals surface area (Å²) in [6, 6.07) is -0.305. The van der Waals surface area contributed by atoms with E-state index in [-0.39, 0.29) is 12.0 Å². The Bertz CT molecular complexity index is 240. The van der Waals surface area contributed by atoms with Crippen LogP contribution in [0.4, 0.5) is 0 Å². The minimum Gasteiger partial charge on any atom is -0.465 e. The minimum atomic E-state index is -0.480. The molecule has 0 heterocycles. The molecule has 0 saturated heterocycles. The fourth-order valence-corrected chi connectivity index (χ4v) is 1.26. The smallest absolute Gasteiger partial charge is 0.323 e. The van der Waals surface area contributed by atoms with Gasteiger partial charge in [-0.25, -0.2) is 0 Å². The molecule has 0 fully saturated rings. The average Bonchev–Trinajstić information content (AvgIpc) is 2.17. The van der Waals surface area contributed by atoms with Crippen LogP contribution in [0.25, 0.3) is 0 Å². The maximum Gasteiger partial charge on any atom is 0.323 e. The van der Waals surface area contributed by atoms with E-state index < -0.39 is 5.54 Å². The maximum absolute atomic E-state index is 11.6. The molecule has 0 amide bonds. The molecule has 1 N–H and O–H groups in total. The summed E-state index contributed by atoms with van der Waals surface area (Å²) in [6.07, 6.45) is 7.01. The molecule has 86 valence electrons. The van der Waals surface area contributed by atoms with Gasteiger partial charge in [0.05, 0.1) is 12.1 Å². The molecule has 0 bridgehead atoms. The summed E-state index contributed by atoms with van der Waals surface area (Å²) < 4.78 is 4.98. The summed E-state index contributed by atoms with van der Waals surface area (Å²) >= 11 is 0. The van der Waals surface area contributed by atoms with Gasteiger partial charge in [-0.2, -0.15) is 0 Å². The molecule has 0 aromatic rings. The van der Waals surface area contributed by atoms with Gasteiger partial charge in [0.2, 0.25) is 0 Å². The number of esters is 1. The van der Waals surface area contributed by atoms with Gasteiger partial charge < -0.3 is 4.74 Å². The molecule has 0 rings (SSSR count). The Hall–Kier alpha value is -1.01. The number of terminal acetylenes is 1. The van der Waals surface area contributed by atoms with E-state index in [2.05, 4.69) is 11.2 Å². The maximum atomic E-state index is 11.6. The molecule has 0 radical (unpaired) electrons. The Morgan fingerprint density at radius 2 is 2.13 bits per heavy atom. The number of carbonyl (C=O) groups is 1. The van der Waals surface area contributed by atoms with E-state index in [1.807, 2.05) is 20.8 Å². The quantitative estimate of drug-likeness (QED) is 0.537. The number of rotatable bonds is 6. The summed E-state index contributed by atoms with van der Waals surface area (Å²) in [5.41, 5.74) is -0.480. The molecule has 0 spiro atoms. The molecule has 1 atom stereocenters. The molecular formula is C12H21NO2. The molecule has 3 heteroatoms. The van der Waals surface area contributed by atoms with E-state index in [1.165, 1.54) is 0 Å². The highest BCUT2D eigenvalue weighted by Gasteiger charge is 2.25. The fraction of sp³-hybridized carbons (Fsp3) is 0.750. The van der Waals surface area contributed by atoms with E-state index >= 15 is 0 Å². The third-order valence-corrected chi connectivity index (χ3v) is 2.04. The molecule has 0 saturated carbocycles. The number of hydrogen-bond donors (Lipinski definition) is 1. The van der Waals surface area contributed by atoms with Crippen LogP contribution in [0.5, 0.6) is 0 Å². The number of hydrogen-bond acceptors (Lipinski definition) is 3. The van der Waals surface area contributed by atoms with Gasteiger partial charge in [0.15, 0.2) is 0 Å². The predicted octanol–water partition coefficient (Wildman–Crippen LogP) is 1.72. The SMILES string of the molecule is C#CC(C)(C)NC(CCC)C(=O)OCC. The van der Waals surface area contributed by atoms with Gasteiger partial charge in [-0.05, 0) is 27.2 Å². The normalized spacial score (nSPS) is 13.0. The summed E-state index contributed by atoms with van der Waals surface area (Å²) in [5.74, 6) is 2.39. The molecule has 3 nitrogen and oxygen atoms in total. The first-order valence-electron chi connectivity index (χ1n) is 5.39. The molecule has 0 aromatic carbocycles. The van der Waals surface area contributed by atoms with Crippen molar-refractivity contribution in [3.8, 4) is 12.3 Å². The zero-order valence-electron chi connectivity index (χ0n) is 10.1. The van der Waals surface area contributed by atoms with Crippen molar-refractivity contribution in [1.29, 1.82) is 0 Å². The predicted molar refractivity (Wildman–Crippen MR) is 61.4 cm³/mol. The monoisotopic (exact) mass is 211 g/mol. The summed E-state index contributed by atoms with van der Waals surface area (Å²) in [5, 5.41) is 3.12. The van der Waals surface area contributed by atoms with Gasteiger partial charge in [0.25, 0.3) is 0 Å². The average molecular weight is 211 g/mol. The molecule has 0 aliphatic carbocycles. The number of ether oxygens (including phenoxy) is 1. The summed E-state index contributed by atoms with van der Waals surface area (Å²) in [7, 11) is 0. The minimum absolute atomic E-state index is 0.220. The first-order valence-corrected chi connectivity index (χ1v) is 5.39. The van der Waals surface area contributed by atoms with Crippen molar-refractivity contribution in [1.82, 2.24) is 5.32 Å². The first-order chi connectivity index (χ1) is 6.96. The van der Waals surface area contributed by atoms with Crippen molar-refractivity contribution < 1.29 is 9.53 Å². The summed E-state index contributed by atoms with van der Waals surface area (Å²) in [4.78, 5) is 11.6. The molecular weight excluding hydrogens is 190 g/mol. The molecule has 0 aromatic heterocycles. The van der Waals surface area contributed by atoms with Gasteiger partial charge in [-0.1, -0.05) is 19.3 Å². The lowest BCUT2D eigenvalue weighted by atomic mass is 10.0. The van der Waals surface area contributed by atoms with Crippen molar-refractivity contribution in [2.75, 3.05) is 6.61 Å². The van der Waals surface area contributed by atoms with Crippen molar-refractivity contribution in [3.63, 3.8) is 0 Å².